The minimum Gasteiger partial charge on any atom is -0.489 e. The van der Waals surface area contributed by atoms with Gasteiger partial charge in [-0.05, 0) is 61.0 Å². The highest BCUT2D eigenvalue weighted by Gasteiger charge is 2.36. The zero-order valence-electron chi connectivity index (χ0n) is 22.7. The maximum atomic E-state index is 13.6. The van der Waals surface area contributed by atoms with Crippen LogP contribution in [0.5, 0.6) is 5.75 Å². The number of carbonyl (C=O) groups excluding carboxylic acids is 1. The number of halogens is 1. The van der Waals surface area contributed by atoms with Crippen LogP contribution in [0.15, 0.2) is 120 Å². The predicted octanol–water partition coefficient (Wildman–Crippen LogP) is 8.73. The fraction of sp³-hybridized carbons (Fsp3) is 0.0882. The third-order valence-electron chi connectivity index (χ3n) is 7.02. The number of hydrogen-bond acceptors (Lipinski definition) is 5. The molecule has 42 heavy (non-hydrogen) atoms. The van der Waals surface area contributed by atoms with Gasteiger partial charge < -0.3 is 4.74 Å². The van der Waals surface area contributed by atoms with Crippen molar-refractivity contribution in [2.45, 2.75) is 19.6 Å². The van der Waals surface area contributed by atoms with Crippen LogP contribution in [0.1, 0.15) is 29.7 Å². The smallest absolute Gasteiger partial charge is 0.266 e. The first-order valence-electron chi connectivity index (χ1n) is 13.4. The van der Waals surface area contributed by atoms with Gasteiger partial charge in [-0.1, -0.05) is 102 Å². The molecule has 1 saturated heterocycles. The number of rotatable bonds is 8. The summed E-state index contributed by atoms with van der Waals surface area (Å²) in [6, 6.07) is 35.1. The Kier molecular flexibility index (Phi) is 8.24. The predicted molar refractivity (Wildman–Crippen MR) is 175 cm³/mol. The van der Waals surface area contributed by atoms with Crippen LogP contribution in [0.3, 0.4) is 0 Å². The number of thioether (sulfide) groups is 1. The van der Waals surface area contributed by atoms with E-state index in [1.165, 1.54) is 11.8 Å². The van der Waals surface area contributed by atoms with E-state index in [0.29, 0.717) is 20.9 Å². The Morgan fingerprint density at radius 3 is 2.31 bits per heavy atom. The van der Waals surface area contributed by atoms with Gasteiger partial charge in [0.1, 0.15) is 16.7 Å². The van der Waals surface area contributed by atoms with Gasteiger partial charge in [0.05, 0.1) is 22.3 Å². The van der Waals surface area contributed by atoms with Gasteiger partial charge in [-0.15, -0.1) is 0 Å². The lowest BCUT2D eigenvalue weighted by atomic mass is 10.1. The number of aromatic nitrogens is 2. The summed E-state index contributed by atoms with van der Waals surface area (Å²) in [6.07, 6.45) is 3.83. The molecule has 0 saturated carbocycles. The Morgan fingerprint density at radius 2 is 1.60 bits per heavy atom. The van der Waals surface area contributed by atoms with Crippen LogP contribution >= 0.6 is 35.6 Å². The number of benzene rings is 4. The van der Waals surface area contributed by atoms with Crippen molar-refractivity contribution < 1.29 is 9.53 Å². The average molecular weight is 608 g/mol. The molecule has 0 unspecified atom stereocenters. The molecule has 2 heterocycles. The molecule has 6 rings (SSSR count). The SMILES string of the molecule is C[C@@H](c1ccccc1)N1C(=O)/C(=C/c2cn(-c3ccccc3)nc2-c2ccc(OCc3ccccc3Cl)cc2)SC1=S. The highest BCUT2D eigenvalue weighted by molar-refractivity contribution is 8.26. The van der Waals surface area contributed by atoms with Gasteiger partial charge in [-0.25, -0.2) is 4.68 Å². The second-order valence-electron chi connectivity index (χ2n) is 9.76. The van der Waals surface area contributed by atoms with E-state index in [9.17, 15) is 4.79 Å². The number of thiocarbonyl (C=S) groups is 1. The van der Waals surface area contributed by atoms with Crippen molar-refractivity contribution in [2.75, 3.05) is 0 Å². The van der Waals surface area contributed by atoms with Crippen molar-refractivity contribution in [1.82, 2.24) is 14.7 Å². The quantitative estimate of drug-likeness (QED) is 0.130. The van der Waals surface area contributed by atoms with E-state index in [0.717, 1.165) is 39.4 Å². The molecule has 8 heteroatoms. The molecule has 0 spiro atoms. The van der Waals surface area contributed by atoms with Gasteiger partial charge in [0.2, 0.25) is 0 Å². The molecule has 1 aliphatic rings. The zero-order valence-corrected chi connectivity index (χ0v) is 25.1. The molecular formula is C34H26ClN3O2S2. The number of ether oxygens (including phenoxy) is 1. The molecule has 0 radical (unpaired) electrons. The van der Waals surface area contributed by atoms with Crippen LogP contribution in [-0.2, 0) is 11.4 Å². The maximum absolute atomic E-state index is 13.6. The minimum absolute atomic E-state index is 0.108. The van der Waals surface area contributed by atoms with Crippen molar-refractivity contribution in [3.63, 3.8) is 0 Å². The summed E-state index contributed by atoms with van der Waals surface area (Å²) in [7, 11) is 0. The summed E-state index contributed by atoms with van der Waals surface area (Å²) in [5, 5.41) is 5.59. The lowest BCUT2D eigenvalue weighted by Gasteiger charge is -2.23. The summed E-state index contributed by atoms with van der Waals surface area (Å²) in [5.41, 5.74) is 5.34. The molecule has 1 amide bonds. The van der Waals surface area contributed by atoms with E-state index in [1.54, 1.807) is 4.90 Å². The van der Waals surface area contributed by atoms with Crippen molar-refractivity contribution >= 4 is 51.9 Å². The number of carbonyl (C=O) groups is 1. The molecule has 0 aliphatic carbocycles. The van der Waals surface area contributed by atoms with Gasteiger partial charge in [0.15, 0.2) is 0 Å². The lowest BCUT2D eigenvalue weighted by molar-refractivity contribution is -0.123. The first-order chi connectivity index (χ1) is 20.5. The maximum Gasteiger partial charge on any atom is 0.266 e. The summed E-state index contributed by atoms with van der Waals surface area (Å²) >= 11 is 13.3. The van der Waals surface area contributed by atoms with Crippen molar-refractivity contribution in [3.8, 4) is 22.7 Å². The van der Waals surface area contributed by atoms with Gasteiger partial charge in [0, 0.05) is 27.9 Å². The minimum atomic E-state index is -0.172. The van der Waals surface area contributed by atoms with Gasteiger partial charge >= 0.3 is 0 Å². The van der Waals surface area contributed by atoms with Crippen LogP contribution in [-0.4, -0.2) is 24.9 Å². The second kappa shape index (κ2) is 12.4. The molecular weight excluding hydrogens is 582 g/mol. The third-order valence-corrected chi connectivity index (χ3v) is 8.72. The number of amides is 1. The Bertz CT molecular complexity index is 1770. The molecule has 1 fully saturated rings. The fourth-order valence-electron chi connectivity index (χ4n) is 4.75. The van der Waals surface area contributed by atoms with E-state index >= 15 is 0 Å². The van der Waals surface area contributed by atoms with Crippen molar-refractivity contribution in [3.05, 3.63) is 142 Å². The van der Waals surface area contributed by atoms with Gasteiger partial charge in [-0.3, -0.25) is 9.69 Å². The molecule has 208 valence electrons. The summed E-state index contributed by atoms with van der Waals surface area (Å²) in [4.78, 5) is 15.9. The first kappa shape index (κ1) is 28.0. The van der Waals surface area contributed by atoms with E-state index in [-0.39, 0.29) is 11.9 Å². The zero-order chi connectivity index (χ0) is 29.1. The Hall–Kier alpha value is -4.17. The molecule has 5 nitrogen and oxygen atoms in total. The summed E-state index contributed by atoms with van der Waals surface area (Å²) < 4.78 is 8.35. The number of para-hydroxylation sites is 1. The van der Waals surface area contributed by atoms with Gasteiger partial charge in [-0.2, -0.15) is 5.10 Å². The fourth-order valence-corrected chi connectivity index (χ4v) is 6.35. The van der Waals surface area contributed by atoms with E-state index in [2.05, 4.69) is 0 Å². The van der Waals surface area contributed by atoms with Crippen molar-refractivity contribution in [1.29, 1.82) is 0 Å². The topological polar surface area (TPSA) is 47.4 Å². The average Bonchev–Trinajstić information content (AvgIpc) is 3.57. The van der Waals surface area contributed by atoms with Gasteiger partial charge in [0.25, 0.3) is 5.91 Å². The highest BCUT2D eigenvalue weighted by Crippen LogP contribution is 2.39. The number of nitrogens with zero attached hydrogens (tertiary/aromatic N) is 3. The molecule has 1 aromatic heterocycles. The monoisotopic (exact) mass is 607 g/mol. The number of hydrogen-bond donors (Lipinski definition) is 0. The highest BCUT2D eigenvalue weighted by atomic mass is 35.5. The van der Waals surface area contributed by atoms with Crippen LogP contribution in [0.25, 0.3) is 23.0 Å². The summed E-state index contributed by atoms with van der Waals surface area (Å²) in [6.45, 7) is 2.37. The second-order valence-corrected chi connectivity index (χ2v) is 11.8. The Labute approximate surface area is 259 Å². The van der Waals surface area contributed by atoms with Crippen LogP contribution in [0, 0.1) is 0 Å². The molecule has 0 N–H and O–H groups in total. The van der Waals surface area contributed by atoms with E-state index in [4.69, 9.17) is 33.7 Å². The van der Waals surface area contributed by atoms with Crippen LogP contribution in [0.4, 0.5) is 0 Å². The Balaban J connectivity index is 1.31. The van der Waals surface area contributed by atoms with Crippen molar-refractivity contribution in [2.24, 2.45) is 0 Å². The van der Waals surface area contributed by atoms with E-state index in [1.807, 2.05) is 133 Å². The van der Waals surface area contributed by atoms with Crippen LogP contribution < -0.4 is 4.74 Å². The third kappa shape index (κ3) is 5.90. The molecule has 4 aromatic carbocycles. The lowest BCUT2D eigenvalue weighted by Crippen LogP contribution is -2.30. The normalized spacial score (nSPS) is 14.9. The molecule has 1 aliphatic heterocycles. The van der Waals surface area contributed by atoms with Crippen LogP contribution in [0.2, 0.25) is 5.02 Å². The first-order valence-corrected chi connectivity index (χ1v) is 15.0. The molecule has 1 atom stereocenters. The molecule has 5 aromatic rings. The van der Waals surface area contributed by atoms with E-state index < -0.39 is 0 Å². The Morgan fingerprint density at radius 1 is 0.929 bits per heavy atom. The standard InChI is InChI=1S/C34H26ClN3O2S2/c1-23(24-10-4-2-5-11-24)38-33(39)31(42-34(38)41)20-27-21-37(28-13-6-3-7-14-28)36-32(27)25-16-18-29(19-17-25)40-22-26-12-8-9-15-30(26)35/h2-21,23H,22H2,1H3/b31-20-/t23-/m0/s1. The molecule has 0 bridgehead atoms. The largest absolute Gasteiger partial charge is 0.489 e. The summed E-state index contributed by atoms with van der Waals surface area (Å²) in [5.74, 6) is 0.613.